The summed E-state index contributed by atoms with van der Waals surface area (Å²) in [4.78, 5) is 1.94. The highest BCUT2D eigenvalue weighted by atomic mass is 32.2. The van der Waals surface area contributed by atoms with Gasteiger partial charge in [0.05, 0.1) is 11.5 Å². The van der Waals surface area contributed by atoms with Crippen LogP contribution in [-0.2, 0) is 16.4 Å². The highest BCUT2D eigenvalue weighted by molar-refractivity contribution is 7.91. The van der Waals surface area contributed by atoms with Crippen molar-refractivity contribution in [2.45, 2.75) is 6.54 Å². The Morgan fingerprint density at radius 2 is 1.94 bits per heavy atom. The zero-order chi connectivity index (χ0) is 12.5. The lowest BCUT2D eigenvalue weighted by atomic mass is 10.2. The zero-order valence-corrected chi connectivity index (χ0v) is 10.2. The summed E-state index contributed by atoms with van der Waals surface area (Å²) >= 11 is 0. The first-order chi connectivity index (χ1) is 7.96. The number of sulfone groups is 1. The van der Waals surface area contributed by atoms with Gasteiger partial charge in [0, 0.05) is 30.9 Å². The number of nitrogens with two attached hydrogens (primary N) is 1. The minimum atomic E-state index is -2.88. The fourth-order valence-corrected chi connectivity index (χ4v) is 3.12. The van der Waals surface area contributed by atoms with E-state index in [-0.39, 0.29) is 17.3 Å². The minimum Gasteiger partial charge on any atom is -0.399 e. The molecule has 1 aromatic carbocycles. The van der Waals surface area contributed by atoms with Crippen LogP contribution in [0, 0.1) is 5.82 Å². The molecule has 0 aromatic heterocycles. The van der Waals surface area contributed by atoms with Crippen LogP contribution < -0.4 is 5.73 Å². The van der Waals surface area contributed by atoms with Crippen molar-refractivity contribution >= 4 is 15.5 Å². The molecule has 0 spiro atoms. The Kier molecular flexibility index (Phi) is 3.35. The molecule has 2 N–H and O–H groups in total. The SMILES string of the molecule is Nc1ccc(CN2CCS(=O)(=O)CC2)c(F)c1. The Bertz CT molecular complexity index is 502. The van der Waals surface area contributed by atoms with E-state index in [4.69, 9.17) is 5.73 Å². The number of anilines is 1. The monoisotopic (exact) mass is 258 g/mol. The predicted octanol–water partition coefficient (Wildman–Crippen LogP) is 0.638. The van der Waals surface area contributed by atoms with Gasteiger partial charge in [0.1, 0.15) is 5.82 Å². The first-order valence-electron chi connectivity index (χ1n) is 5.43. The molecule has 0 atom stereocenters. The molecule has 1 saturated heterocycles. The Labute approximate surface area is 100 Å². The van der Waals surface area contributed by atoms with E-state index >= 15 is 0 Å². The van der Waals surface area contributed by atoms with Gasteiger partial charge < -0.3 is 5.73 Å². The molecule has 0 bridgehead atoms. The average Bonchev–Trinajstić information content (AvgIpc) is 2.25. The quantitative estimate of drug-likeness (QED) is 0.791. The van der Waals surface area contributed by atoms with Crippen LogP contribution in [0.5, 0.6) is 0 Å². The van der Waals surface area contributed by atoms with Crippen LogP contribution in [-0.4, -0.2) is 37.9 Å². The number of hydrogen-bond acceptors (Lipinski definition) is 4. The van der Waals surface area contributed by atoms with Crippen LogP contribution in [0.4, 0.5) is 10.1 Å². The lowest BCUT2D eigenvalue weighted by Gasteiger charge is -2.26. The smallest absolute Gasteiger partial charge is 0.152 e. The third-order valence-corrected chi connectivity index (χ3v) is 4.52. The molecule has 1 aliphatic rings. The highest BCUT2D eigenvalue weighted by Gasteiger charge is 2.22. The van der Waals surface area contributed by atoms with Gasteiger partial charge in [-0.1, -0.05) is 6.07 Å². The van der Waals surface area contributed by atoms with Crippen molar-refractivity contribution < 1.29 is 12.8 Å². The minimum absolute atomic E-state index is 0.156. The fraction of sp³-hybridized carbons (Fsp3) is 0.455. The maximum atomic E-state index is 13.5. The van der Waals surface area contributed by atoms with Gasteiger partial charge in [-0.15, -0.1) is 0 Å². The van der Waals surface area contributed by atoms with Gasteiger partial charge in [0.15, 0.2) is 9.84 Å². The van der Waals surface area contributed by atoms with Gasteiger partial charge in [-0.25, -0.2) is 12.8 Å². The van der Waals surface area contributed by atoms with Crippen molar-refractivity contribution in [2.24, 2.45) is 0 Å². The second-order valence-corrected chi connectivity index (χ2v) is 6.58. The van der Waals surface area contributed by atoms with E-state index in [2.05, 4.69) is 0 Å². The molecule has 0 amide bonds. The Hall–Kier alpha value is -1.14. The normalized spacial score (nSPS) is 20.3. The fourth-order valence-electron chi connectivity index (χ4n) is 1.84. The molecule has 1 fully saturated rings. The second kappa shape index (κ2) is 4.62. The third kappa shape index (κ3) is 3.17. The second-order valence-electron chi connectivity index (χ2n) is 4.28. The molecule has 0 radical (unpaired) electrons. The highest BCUT2D eigenvalue weighted by Crippen LogP contribution is 2.15. The number of hydrogen-bond donors (Lipinski definition) is 1. The van der Waals surface area contributed by atoms with E-state index in [0.717, 1.165) is 0 Å². The molecule has 4 nitrogen and oxygen atoms in total. The van der Waals surface area contributed by atoms with Crippen molar-refractivity contribution in [1.29, 1.82) is 0 Å². The molecule has 17 heavy (non-hydrogen) atoms. The van der Waals surface area contributed by atoms with Gasteiger partial charge in [0.25, 0.3) is 0 Å². The first-order valence-corrected chi connectivity index (χ1v) is 7.25. The van der Waals surface area contributed by atoms with Crippen LogP contribution in [0.1, 0.15) is 5.56 Å². The molecule has 0 saturated carbocycles. The zero-order valence-electron chi connectivity index (χ0n) is 9.39. The van der Waals surface area contributed by atoms with E-state index in [1.807, 2.05) is 4.90 Å². The van der Waals surface area contributed by atoms with Gasteiger partial charge in [-0.2, -0.15) is 0 Å². The molecular weight excluding hydrogens is 243 g/mol. The lowest BCUT2D eigenvalue weighted by Crippen LogP contribution is -2.39. The lowest BCUT2D eigenvalue weighted by molar-refractivity contribution is 0.283. The van der Waals surface area contributed by atoms with Crippen molar-refractivity contribution in [1.82, 2.24) is 4.90 Å². The molecule has 1 aliphatic heterocycles. The van der Waals surface area contributed by atoms with Crippen LogP contribution in [0.2, 0.25) is 0 Å². The summed E-state index contributed by atoms with van der Waals surface area (Å²) in [7, 11) is -2.88. The Morgan fingerprint density at radius 3 is 2.53 bits per heavy atom. The van der Waals surface area contributed by atoms with E-state index in [0.29, 0.717) is 30.9 Å². The summed E-state index contributed by atoms with van der Waals surface area (Å²) in [5.41, 5.74) is 6.41. The largest absolute Gasteiger partial charge is 0.399 e. The van der Waals surface area contributed by atoms with E-state index in [9.17, 15) is 12.8 Å². The molecule has 2 rings (SSSR count). The Balaban J connectivity index is 2.02. The standard InChI is InChI=1S/C11H15FN2O2S/c12-11-7-10(13)2-1-9(11)8-14-3-5-17(15,16)6-4-14/h1-2,7H,3-6,8,13H2. The molecule has 1 aromatic rings. The topological polar surface area (TPSA) is 63.4 Å². The summed E-state index contributed by atoms with van der Waals surface area (Å²) in [6.07, 6.45) is 0. The maximum Gasteiger partial charge on any atom is 0.152 e. The third-order valence-electron chi connectivity index (χ3n) is 2.91. The summed E-state index contributed by atoms with van der Waals surface area (Å²) in [6, 6.07) is 4.59. The van der Waals surface area contributed by atoms with Crippen molar-refractivity contribution in [3.05, 3.63) is 29.6 Å². The van der Waals surface area contributed by atoms with Crippen LogP contribution in [0.3, 0.4) is 0 Å². The first kappa shape index (κ1) is 12.3. The van der Waals surface area contributed by atoms with Crippen LogP contribution in [0.15, 0.2) is 18.2 Å². The molecule has 6 heteroatoms. The number of benzene rings is 1. The van der Waals surface area contributed by atoms with Gasteiger partial charge in [-0.05, 0) is 12.1 Å². The molecular formula is C11H15FN2O2S. The van der Waals surface area contributed by atoms with E-state index < -0.39 is 9.84 Å². The van der Waals surface area contributed by atoms with Crippen LogP contribution >= 0.6 is 0 Å². The molecule has 94 valence electrons. The van der Waals surface area contributed by atoms with Crippen molar-refractivity contribution in [2.75, 3.05) is 30.3 Å². The van der Waals surface area contributed by atoms with Gasteiger partial charge in [-0.3, -0.25) is 4.90 Å². The molecule has 0 aliphatic carbocycles. The number of halogens is 1. The van der Waals surface area contributed by atoms with Gasteiger partial charge >= 0.3 is 0 Å². The average molecular weight is 258 g/mol. The summed E-state index contributed by atoms with van der Waals surface area (Å²) in [5, 5.41) is 0. The number of nitrogens with zero attached hydrogens (tertiary/aromatic N) is 1. The maximum absolute atomic E-state index is 13.5. The van der Waals surface area contributed by atoms with Crippen molar-refractivity contribution in [3.63, 3.8) is 0 Å². The number of rotatable bonds is 2. The summed E-state index contributed by atoms with van der Waals surface area (Å²) < 4.78 is 36.0. The van der Waals surface area contributed by atoms with E-state index in [1.165, 1.54) is 6.07 Å². The molecule has 0 unspecified atom stereocenters. The summed E-state index contributed by atoms with van der Waals surface area (Å²) in [6.45, 7) is 1.36. The van der Waals surface area contributed by atoms with Gasteiger partial charge in [0.2, 0.25) is 0 Å². The van der Waals surface area contributed by atoms with E-state index in [1.54, 1.807) is 12.1 Å². The van der Waals surface area contributed by atoms with Crippen LogP contribution in [0.25, 0.3) is 0 Å². The Morgan fingerprint density at radius 1 is 1.29 bits per heavy atom. The number of nitrogen functional groups attached to an aromatic ring is 1. The summed E-state index contributed by atoms with van der Waals surface area (Å²) in [5.74, 6) is -0.0221. The predicted molar refractivity (Wildman–Crippen MR) is 64.7 cm³/mol. The molecule has 1 heterocycles. The van der Waals surface area contributed by atoms with Crippen molar-refractivity contribution in [3.8, 4) is 0 Å².